The van der Waals surface area contributed by atoms with Crippen LogP contribution >= 0.6 is 0 Å². The van der Waals surface area contributed by atoms with Gasteiger partial charge in [0.25, 0.3) is 0 Å². The van der Waals surface area contributed by atoms with Crippen molar-refractivity contribution in [3.05, 3.63) is 71.8 Å². The quantitative estimate of drug-likeness (QED) is 0.571. The van der Waals surface area contributed by atoms with Crippen LogP contribution in [0.5, 0.6) is 0 Å². The topological polar surface area (TPSA) is 64.5 Å². The minimum absolute atomic E-state index is 0.129. The van der Waals surface area contributed by atoms with Crippen LogP contribution in [0.25, 0.3) is 0 Å². The molecule has 2 aromatic carbocycles. The average molecular weight is 328 g/mol. The largest absolute Gasteiger partial charge is 0.389 e. The van der Waals surface area contributed by atoms with E-state index in [1.54, 1.807) is 0 Å². The van der Waals surface area contributed by atoms with Crippen LogP contribution in [0, 0.1) is 0 Å². The Morgan fingerprint density at radius 1 is 0.667 bits per heavy atom. The van der Waals surface area contributed by atoms with Crippen LogP contribution in [0.4, 0.5) is 0 Å². The molecular weight excluding hydrogens is 300 g/mol. The second kappa shape index (κ2) is 9.55. The summed E-state index contributed by atoms with van der Waals surface area (Å²) < 4.78 is 0. The number of benzene rings is 2. The van der Waals surface area contributed by atoms with E-state index in [0.717, 1.165) is 11.1 Å². The lowest BCUT2D eigenvalue weighted by Gasteiger charge is -2.23. The van der Waals surface area contributed by atoms with Crippen molar-refractivity contribution in [1.29, 1.82) is 0 Å². The fraction of sp³-hybridized carbons (Fsp3) is 0.400. The molecule has 0 radical (unpaired) electrons. The lowest BCUT2D eigenvalue weighted by Crippen LogP contribution is -2.43. The maximum Gasteiger partial charge on any atom is 0.0935 e. The second-order valence-electron chi connectivity index (χ2n) is 6.22. The number of nitrogens with one attached hydrogen (secondary N) is 2. The van der Waals surface area contributed by atoms with Crippen molar-refractivity contribution in [2.45, 2.75) is 38.1 Å². The monoisotopic (exact) mass is 328 g/mol. The van der Waals surface area contributed by atoms with E-state index in [2.05, 4.69) is 10.6 Å². The van der Waals surface area contributed by atoms with Crippen LogP contribution in [0.2, 0.25) is 0 Å². The number of rotatable bonds is 9. The Kier molecular flexibility index (Phi) is 7.40. The van der Waals surface area contributed by atoms with E-state index in [1.165, 1.54) is 0 Å². The van der Waals surface area contributed by atoms with E-state index < -0.39 is 12.2 Å². The van der Waals surface area contributed by atoms with E-state index in [4.69, 9.17) is 0 Å². The molecule has 4 heteroatoms. The fourth-order valence-corrected chi connectivity index (χ4v) is 2.59. The highest BCUT2D eigenvalue weighted by molar-refractivity contribution is 5.18. The minimum Gasteiger partial charge on any atom is -0.389 e. The van der Waals surface area contributed by atoms with Gasteiger partial charge in [-0.25, -0.2) is 0 Å². The molecule has 4 N–H and O–H groups in total. The first kappa shape index (κ1) is 18.6. The molecule has 0 aliphatic heterocycles. The smallest absolute Gasteiger partial charge is 0.0935 e. The van der Waals surface area contributed by atoms with Gasteiger partial charge in [-0.15, -0.1) is 0 Å². The van der Waals surface area contributed by atoms with Crippen LogP contribution in [-0.4, -0.2) is 35.5 Å². The van der Waals surface area contributed by atoms with Crippen LogP contribution < -0.4 is 10.6 Å². The van der Waals surface area contributed by atoms with Crippen LogP contribution in [0.1, 0.15) is 37.1 Å². The first-order valence-electron chi connectivity index (χ1n) is 8.50. The standard InChI is InChI=1S/C20H28N2O2/c1-15(17-9-5-3-6-10-17)21-13-19(23)20(24)14-22-16(2)18-11-7-4-8-12-18/h3-12,15-16,19-24H,13-14H2,1-2H3/t15-,16-,19-,20-/m0/s1. The summed E-state index contributed by atoms with van der Waals surface area (Å²) in [5, 5.41) is 26.8. The van der Waals surface area contributed by atoms with E-state index >= 15 is 0 Å². The van der Waals surface area contributed by atoms with Crippen molar-refractivity contribution >= 4 is 0 Å². The summed E-state index contributed by atoms with van der Waals surface area (Å²) in [4.78, 5) is 0. The highest BCUT2D eigenvalue weighted by Gasteiger charge is 2.18. The number of hydrogen-bond acceptors (Lipinski definition) is 4. The van der Waals surface area contributed by atoms with Gasteiger partial charge in [0.1, 0.15) is 0 Å². The summed E-state index contributed by atoms with van der Waals surface area (Å²) in [6.07, 6.45) is -1.63. The SMILES string of the molecule is C[C@H](NC[C@H](O)[C@@H](O)CN[C@@H](C)c1ccccc1)c1ccccc1. The van der Waals surface area contributed by atoms with Gasteiger partial charge in [0.15, 0.2) is 0 Å². The molecule has 0 unspecified atom stereocenters. The van der Waals surface area contributed by atoms with E-state index in [9.17, 15) is 10.2 Å². The van der Waals surface area contributed by atoms with Gasteiger partial charge in [-0.2, -0.15) is 0 Å². The molecule has 0 bridgehead atoms. The van der Waals surface area contributed by atoms with Gasteiger partial charge in [0, 0.05) is 25.2 Å². The van der Waals surface area contributed by atoms with Gasteiger partial charge in [-0.05, 0) is 25.0 Å². The average Bonchev–Trinajstić information content (AvgIpc) is 2.64. The zero-order valence-corrected chi connectivity index (χ0v) is 14.4. The Morgan fingerprint density at radius 2 is 1.00 bits per heavy atom. The summed E-state index contributed by atoms with van der Waals surface area (Å²) in [5.74, 6) is 0. The zero-order valence-electron chi connectivity index (χ0n) is 14.4. The zero-order chi connectivity index (χ0) is 17.4. The molecule has 0 aliphatic rings. The molecule has 24 heavy (non-hydrogen) atoms. The van der Waals surface area contributed by atoms with Crippen molar-refractivity contribution in [2.75, 3.05) is 13.1 Å². The molecule has 0 saturated heterocycles. The maximum absolute atomic E-state index is 10.1. The van der Waals surface area contributed by atoms with Gasteiger partial charge in [0.05, 0.1) is 12.2 Å². The van der Waals surface area contributed by atoms with Crippen molar-refractivity contribution in [3.8, 4) is 0 Å². The Balaban J connectivity index is 1.73. The molecule has 4 atom stereocenters. The number of aliphatic hydroxyl groups excluding tert-OH is 2. The Bertz CT molecular complexity index is 523. The summed E-state index contributed by atoms with van der Waals surface area (Å²) in [6, 6.07) is 20.4. The van der Waals surface area contributed by atoms with Crippen molar-refractivity contribution in [3.63, 3.8) is 0 Å². The highest BCUT2D eigenvalue weighted by atomic mass is 16.3. The fourth-order valence-electron chi connectivity index (χ4n) is 2.59. The first-order valence-corrected chi connectivity index (χ1v) is 8.50. The van der Waals surface area contributed by atoms with Gasteiger partial charge in [-0.3, -0.25) is 0 Å². The number of hydrogen-bond donors (Lipinski definition) is 4. The molecule has 0 heterocycles. The highest BCUT2D eigenvalue weighted by Crippen LogP contribution is 2.12. The van der Waals surface area contributed by atoms with Gasteiger partial charge in [-0.1, -0.05) is 60.7 Å². The van der Waals surface area contributed by atoms with Crippen LogP contribution in [0.15, 0.2) is 60.7 Å². The van der Waals surface area contributed by atoms with Crippen molar-refractivity contribution in [1.82, 2.24) is 10.6 Å². The Hall–Kier alpha value is -1.72. The lowest BCUT2D eigenvalue weighted by atomic mass is 10.1. The molecule has 4 nitrogen and oxygen atoms in total. The van der Waals surface area contributed by atoms with Gasteiger partial charge in [0.2, 0.25) is 0 Å². The van der Waals surface area contributed by atoms with Crippen molar-refractivity contribution < 1.29 is 10.2 Å². The lowest BCUT2D eigenvalue weighted by molar-refractivity contribution is 0.0183. The van der Waals surface area contributed by atoms with E-state index in [1.807, 2.05) is 74.5 Å². The molecule has 0 saturated carbocycles. The molecule has 2 aromatic rings. The predicted molar refractivity (Wildman–Crippen MR) is 97.7 cm³/mol. The summed E-state index contributed by atoms with van der Waals surface area (Å²) >= 11 is 0. The van der Waals surface area contributed by atoms with Crippen molar-refractivity contribution in [2.24, 2.45) is 0 Å². The third-order valence-corrected chi connectivity index (χ3v) is 4.31. The molecule has 0 aliphatic carbocycles. The Morgan fingerprint density at radius 3 is 1.33 bits per heavy atom. The molecule has 0 amide bonds. The minimum atomic E-state index is -0.813. The van der Waals surface area contributed by atoms with Gasteiger partial charge >= 0.3 is 0 Å². The van der Waals surface area contributed by atoms with Crippen LogP contribution in [-0.2, 0) is 0 Å². The van der Waals surface area contributed by atoms with E-state index in [-0.39, 0.29) is 12.1 Å². The Labute approximate surface area is 144 Å². The second-order valence-corrected chi connectivity index (χ2v) is 6.22. The molecule has 130 valence electrons. The summed E-state index contributed by atoms with van der Waals surface area (Å²) in [6.45, 7) is 4.78. The maximum atomic E-state index is 10.1. The van der Waals surface area contributed by atoms with Gasteiger partial charge < -0.3 is 20.8 Å². The predicted octanol–water partition coefficient (Wildman–Crippen LogP) is 2.41. The van der Waals surface area contributed by atoms with E-state index in [0.29, 0.717) is 13.1 Å². The summed E-state index contributed by atoms with van der Waals surface area (Å²) in [5.41, 5.74) is 2.32. The molecular formula is C20H28N2O2. The van der Waals surface area contributed by atoms with Crippen LogP contribution in [0.3, 0.4) is 0 Å². The molecule has 0 aromatic heterocycles. The summed E-state index contributed by atoms with van der Waals surface area (Å²) in [7, 11) is 0. The normalized spacial score (nSPS) is 16.3. The molecule has 2 rings (SSSR count). The molecule has 0 spiro atoms. The first-order chi connectivity index (χ1) is 11.6. The number of aliphatic hydroxyl groups is 2. The third-order valence-electron chi connectivity index (χ3n) is 4.31. The third kappa shape index (κ3) is 5.73. The molecule has 0 fully saturated rings.